The van der Waals surface area contributed by atoms with E-state index >= 15 is 0 Å². The van der Waals surface area contributed by atoms with Crippen LogP contribution in [0, 0.1) is 0 Å². The van der Waals surface area contributed by atoms with Gasteiger partial charge in [-0.2, -0.15) is 0 Å². The van der Waals surface area contributed by atoms with Gasteiger partial charge in [-0.3, -0.25) is 4.79 Å². The molecule has 4 rings (SSSR count). The Morgan fingerprint density at radius 2 is 1.90 bits per heavy atom. The lowest BCUT2D eigenvalue weighted by Crippen LogP contribution is -3.11. The Balaban J connectivity index is 1.36. The molecule has 0 radical (unpaired) electrons. The highest BCUT2D eigenvalue weighted by Gasteiger charge is 2.27. The first kappa shape index (κ1) is 19.5. The topological polar surface area (TPSA) is 58.6 Å². The van der Waals surface area contributed by atoms with E-state index in [-0.39, 0.29) is 5.91 Å². The maximum Gasteiger partial charge on any atom is 0.220 e. The molecular weight excluding hydrogens is 362 g/mol. The fraction of sp³-hybridized carbons (Fsp3) is 0.375. The SMILES string of the molecule is COc1ccc([C@H](CNC(=O)CCc2c[nH]c3ccccc23)[NH+]2CCCC2)cc1. The van der Waals surface area contributed by atoms with Crippen molar-refractivity contribution >= 4 is 16.8 Å². The van der Waals surface area contributed by atoms with E-state index in [1.807, 2.05) is 30.5 Å². The summed E-state index contributed by atoms with van der Waals surface area (Å²) in [4.78, 5) is 17.4. The third-order valence-electron chi connectivity index (χ3n) is 6.06. The molecule has 1 atom stereocenters. The van der Waals surface area contributed by atoms with Crippen molar-refractivity contribution in [2.75, 3.05) is 26.7 Å². The minimum absolute atomic E-state index is 0.118. The molecule has 2 aromatic carbocycles. The number of aromatic amines is 1. The van der Waals surface area contributed by atoms with Crippen molar-refractivity contribution in [2.45, 2.75) is 31.7 Å². The van der Waals surface area contributed by atoms with E-state index in [4.69, 9.17) is 4.74 Å². The molecule has 29 heavy (non-hydrogen) atoms. The number of hydrogen-bond acceptors (Lipinski definition) is 2. The van der Waals surface area contributed by atoms with Gasteiger partial charge in [0.15, 0.2) is 0 Å². The van der Waals surface area contributed by atoms with Crippen LogP contribution >= 0.6 is 0 Å². The number of ether oxygens (including phenoxy) is 1. The Bertz CT molecular complexity index is 942. The van der Waals surface area contributed by atoms with E-state index in [2.05, 4.69) is 34.6 Å². The third kappa shape index (κ3) is 4.62. The van der Waals surface area contributed by atoms with Gasteiger partial charge in [0.25, 0.3) is 0 Å². The van der Waals surface area contributed by atoms with Crippen molar-refractivity contribution in [1.29, 1.82) is 0 Å². The van der Waals surface area contributed by atoms with Crippen LogP contribution in [0.25, 0.3) is 10.9 Å². The first-order chi connectivity index (χ1) is 14.2. The number of quaternary nitrogens is 1. The molecule has 1 saturated heterocycles. The van der Waals surface area contributed by atoms with Crippen LogP contribution in [-0.4, -0.2) is 37.6 Å². The molecule has 5 heteroatoms. The predicted molar refractivity (Wildman–Crippen MR) is 115 cm³/mol. The molecule has 5 nitrogen and oxygen atoms in total. The van der Waals surface area contributed by atoms with Gasteiger partial charge in [-0.1, -0.05) is 18.2 Å². The Kier molecular flexibility index (Phi) is 6.15. The Morgan fingerprint density at radius 3 is 2.66 bits per heavy atom. The first-order valence-corrected chi connectivity index (χ1v) is 10.5. The summed E-state index contributed by atoms with van der Waals surface area (Å²) < 4.78 is 5.29. The highest BCUT2D eigenvalue weighted by molar-refractivity contribution is 5.84. The van der Waals surface area contributed by atoms with Gasteiger partial charge < -0.3 is 19.9 Å². The van der Waals surface area contributed by atoms with Gasteiger partial charge in [-0.25, -0.2) is 0 Å². The molecule has 152 valence electrons. The molecule has 1 aliphatic rings. The Hall–Kier alpha value is -2.79. The fourth-order valence-corrected chi connectivity index (χ4v) is 4.40. The number of aryl methyl sites for hydroxylation is 1. The van der Waals surface area contributed by atoms with Crippen molar-refractivity contribution < 1.29 is 14.4 Å². The van der Waals surface area contributed by atoms with Gasteiger partial charge in [0.1, 0.15) is 11.8 Å². The smallest absolute Gasteiger partial charge is 0.220 e. The maximum absolute atomic E-state index is 12.6. The molecular formula is C24H30N3O2+. The minimum Gasteiger partial charge on any atom is -0.497 e. The number of methoxy groups -OCH3 is 1. The summed E-state index contributed by atoms with van der Waals surface area (Å²) in [6.45, 7) is 3.01. The molecule has 2 heterocycles. The second-order valence-electron chi connectivity index (χ2n) is 7.85. The quantitative estimate of drug-likeness (QED) is 0.552. The van der Waals surface area contributed by atoms with Crippen LogP contribution in [-0.2, 0) is 11.2 Å². The zero-order chi connectivity index (χ0) is 20.1. The van der Waals surface area contributed by atoms with Crippen LogP contribution in [0.1, 0.15) is 36.4 Å². The van der Waals surface area contributed by atoms with Crippen molar-refractivity contribution in [2.24, 2.45) is 0 Å². The van der Waals surface area contributed by atoms with Gasteiger partial charge in [0, 0.05) is 41.9 Å². The highest BCUT2D eigenvalue weighted by Crippen LogP contribution is 2.19. The standard InChI is InChI=1S/C24H29N3O2/c1-29-20-11-8-18(9-12-20)23(27-14-4-5-15-27)17-26-24(28)13-10-19-16-25-22-7-3-2-6-21(19)22/h2-3,6-9,11-12,16,23,25H,4-5,10,13-15,17H2,1H3,(H,26,28)/p+1/t23-/m0/s1. The molecule has 0 saturated carbocycles. The van der Waals surface area contributed by atoms with Crippen LogP contribution in [0.5, 0.6) is 5.75 Å². The molecule has 1 aliphatic heterocycles. The molecule has 0 spiro atoms. The maximum atomic E-state index is 12.6. The second-order valence-corrected chi connectivity index (χ2v) is 7.85. The molecule has 3 aromatic rings. The number of carbonyl (C=O) groups is 1. The monoisotopic (exact) mass is 392 g/mol. The number of likely N-dealkylation sites (tertiary alicyclic amines) is 1. The van der Waals surface area contributed by atoms with Gasteiger partial charge in [0.2, 0.25) is 5.91 Å². The molecule has 1 fully saturated rings. The number of amides is 1. The number of benzene rings is 2. The molecule has 1 amide bonds. The number of hydrogen-bond donors (Lipinski definition) is 3. The Labute approximate surface area is 172 Å². The lowest BCUT2D eigenvalue weighted by atomic mass is 10.0. The van der Waals surface area contributed by atoms with Gasteiger partial charge in [-0.15, -0.1) is 0 Å². The largest absolute Gasteiger partial charge is 0.497 e. The summed E-state index contributed by atoms with van der Waals surface area (Å²) in [5.74, 6) is 0.985. The zero-order valence-corrected chi connectivity index (χ0v) is 17.0. The summed E-state index contributed by atoms with van der Waals surface area (Å²) >= 11 is 0. The van der Waals surface area contributed by atoms with Crippen molar-refractivity contribution in [1.82, 2.24) is 10.3 Å². The predicted octanol–water partition coefficient (Wildman–Crippen LogP) is 2.65. The molecule has 3 N–H and O–H groups in total. The van der Waals surface area contributed by atoms with E-state index in [1.165, 1.54) is 42.4 Å². The number of rotatable bonds is 8. The number of carbonyl (C=O) groups excluding carboxylic acids is 1. The summed E-state index contributed by atoms with van der Waals surface area (Å²) in [5.41, 5.74) is 3.59. The minimum atomic E-state index is 0.118. The van der Waals surface area contributed by atoms with E-state index < -0.39 is 0 Å². The average Bonchev–Trinajstić information content (AvgIpc) is 3.43. The number of nitrogens with one attached hydrogen (secondary N) is 3. The van der Waals surface area contributed by atoms with Crippen LogP contribution in [0.4, 0.5) is 0 Å². The van der Waals surface area contributed by atoms with E-state index in [9.17, 15) is 4.79 Å². The van der Waals surface area contributed by atoms with E-state index in [0.717, 1.165) is 17.7 Å². The fourth-order valence-electron chi connectivity index (χ4n) is 4.40. The normalized spacial score (nSPS) is 15.5. The van der Waals surface area contributed by atoms with Crippen LogP contribution in [0.15, 0.2) is 54.7 Å². The van der Waals surface area contributed by atoms with Crippen LogP contribution in [0.2, 0.25) is 0 Å². The van der Waals surface area contributed by atoms with Crippen molar-refractivity contribution in [3.8, 4) is 5.75 Å². The van der Waals surface area contributed by atoms with Crippen molar-refractivity contribution in [3.05, 3.63) is 65.9 Å². The third-order valence-corrected chi connectivity index (χ3v) is 6.06. The first-order valence-electron chi connectivity index (χ1n) is 10.5. The summed E-state index contributed by atoms with van der Waals surface area (Å²) in [7, 11) is 1.69. The zero-order valence-electron chi connectivity index (χ0n) is 17.0. The van der Waals surface area contributed by atoms with Gasteiger partial charge >= 0.3 is 0 Å². The number of para-hydroxylation sites is 1. The Morgan fingerprint density at radius 1 is 1.14 bits per heavy atom. The van der Waals surface area contributed by atoms with E-state index in [1.54, 1.807) is 12.0 Å². The summed E-state index contributed by atoms with van der Waals surface area (Å²) in [5, 5.41) is 4.40. The lowest BCUT2D eigenvalue weighted by molar-refractivity contribution is -0.918. The lowest BCUT2D eigenvalue weighted by Gasteiger charge is -2.25. The average molecular weight is 393 g/mol. The van der Waals surface area contributed by atoms with Gasteiger partial charge in [-0.05, 0) is 42.3 Å². The number of H-pyrrole nitrogens is 1. The molecule has 0 bridgehead atoms. The van der Waals surface area contributed by atoms with Crippen LogP contribution in [0.3, 0.4) is 0 Å². The number of fused-ring (bicyclic) bond motifs is 1. The van der Waals surface area contributed by atoms with E-state index in [0.29, 0.717) is 19.0 Å². The molecule has 1 aromatic heterocycles. The second kappa shape index (κ2) is 9.14. The highest BCUT2D eigenvalue weighted by atomic mass is 16.5. The molecule has 0 unspecified atom stereocenters. The summed E-state index contributed by atoms with van der Waals surface area (Å²) in [6.07, 6.45) is 5.80. The summed E-state index contributed by atoms with van der Waals surface area (Å²) in [6, 6.07) is 16.8. The van der Waals surface area contributed by atoms with Gasteiger partial charge in [0.05, 0.1) is 26.7 Å². The van der Waals surface area contributed by atoms with Crippen LogP contribution < -0.4 is 15.0 Å². The van der Waals surface area contributed by atoms with Crippen molar-refractivity contribution in [3.63, 3.8) is 0 Å². The number of aromatic nitrogens is 1. The molecule has 0 aliphatic carbocycles.